The minimum atomic E-state index is -0.606. The molecule has 0 spiro atoms. The Morgan fingerprint density at radius 3 is 2.56 bits per heavy atom. The molecule has 2 aliphatic rings. The van der Waals surface area contributed by atoms with Crippen molar-refractivity contribution in [2.75, 3.05) is 20.1 Å². The zero-order valence-electron chi connectivity index (χ0n) is 14.5. The van der Waals surface area contributed by atoms with Crippen LogP contribution in [0.4, 0.5) is 0 Å². The fraction of sp³-hybridized carbons (Fsp3) is 0.316. The van der Waals surface area contributed by atoms with Gasteiger partial charge in [-0.1, -0.05) is 42.4 Å². The molecule has 0 radical (unpaired) electrons. The summed E-state index contributed by atoms with van der Waals surface area (Å²) >= 11 is 1.76. The van der Waals surface area contributed by atoms with Gasteiger partial charge in [0.2, 0.25) is 5.72 Å². The highest BCUT2D eigenvalue weighted by atomic mass is 32.2. The second kappa shape index (κ2) is 6.19. The van der Waals surface area contributed by atoms with E-state index >= 15 is 0 Å². The average molecular weight is 356 g/mol. The van der Waals surface area contributed by atoms with Gasteiger partial charge in [-0.25, -0.2) is 0 Å². The Labute approximate surface area is 151 Å². The number of thioether (sulfide) groups is 1. The van der Waals surface area contributed by atoms with E-state index in [2.05, 4.69) is 29.1 Å². The lowest BCUT2D eigenvalue weighted by atomic mass is 9.96. The molecule has 0 aromatic heterocycles. The number of hydrogen-bond donors (Lipinski definition) is 0. The zero-order valence-corrected chi connectivity index (χ0v) is 15.3. The van der Waals surface area contributed by atoms with Crippen LogP contribution in [0.5, 0.6) is 11.5 Å². The first-order valence-corrected chi connectivity index (χ1v) is 9.20. The molecule has 1 unspecified atom stereocenters. The van der Waals surface area contributed by atoms with Crippen LogP contribution in [0.1, 0.15) is 24.5 Å². The Morgan fingerprint density at radius 2 is 1.88 bits per heavy atom. The topological polar surface area (TPSA) is 43.3 Å². The Bertz CT molecular complexity index is 825. The predicted octanol–water partition coefficient (Wildman–Crippen LogP) is 4.02. The van der Waals surface area contributed by atoms with Gasteiger partial charge in [0.15, 0.2) is 17.3 Å². The zero-order chi connectivity index (χ0) is 17.4. The van der Waals surface area contributed by atoms with Crippen LogP contribution in [0.25, 0.3) is 0 Å². The molecule has 2 heterocycles. The quantitative estimate of drug-likeness (QED) is 0.828. The summed E-state index contributed by atoms with van der Waals surface area (Å²) in [6.45, 7) is 2.12. The lowest BCUT2D eigenvalue weighted by Gasteiger charge is -2.41. The van der Waals surface area contributed by atoms with E-state index in [0.717, 1.165) is 39.9 Å². The van der Waals surface area contributed by atoms with Crippen LogP contribution in [-0.4, -0.2) is 30.8 Å². The van der Waals surface area contributed by atoms with E-state index in [1.807, 2.05) is 30.3 Å². The molecule has 6 heteroatoms. The van der Waals surface area contributed by atoms with Crippen molar-refractivity contribution < 1.29 is 14.3 Å². The van der Waals surface area contributed by atoms with Gasteiger partial charge in [0.05, 0.1) is 20.1 Å². The van der Waals surface area contributed by atoms with Crippen molar-refractivity contribution in [2.45, 2.75) is 24.0 Å². The van der Waals surface area contributed by atoms with Gasteiger partial charge in [-0.2, -0.15) is 0 Å². The molecule has 2 aromatic rings. The highest BCUT2D eigenvalue weighted by molar-refractivity contribution is 7.99. The van der Waals surface area contributed by atoms with Gasteiger partial charge < -0.3 is 14.3 Å². The highest BCUT2D eigenvalue weighted by Crippen LogP contribution is 2.51. The van der Waals surface area contributed by atoms with E-state index in [0.29, 0.717) is 5.75 Å². The maximum Gasteiger partial charge on any atom is 0.238 e. The SMILES string of the molecule is CCC12ON=C(c3ccccc3)N1CSc1cc(OC)c(OC)cc12. The molecule has 0 N–H and O–H groups in total. The molecular weight excluding hydrogens is 336 g/mol. The summed E-state index contributed by atoms with van der Waals surface area (Å²) in [7, 11) is 3.31. The minimum absolute atomic E-state index is 0.606. The lowest BCUT2D eigenvalue weighted by Crippen LogP contribution is -2.48. The van der Waals surface area contributed by atoms with Gasteiger partial charge in [-0.3, -0.25) is 4.90 Å². The van der Waals surface area contributed by atoms with Crippen molar-refractivity contribution in [2.24, 2.45) is 5.16 Å². The fourth-order valence-corrected chi connectivity index (χ4v) is 4.57. The van der Waals surface area contributed by atoms with E-state index in [9.17, 15) is 0 Å². The van der Waals surface area contributed by atoms with E-state index in [1.54, 1.807) is 26.0 Å². The van der Waals surface area contributed by atoms with E-state index < -0.39 is 5.72 Å². The number of methoxy groups -OCH3 is 2. The lowest BCUT2D eigenvalue weighted by molar-refractivity contribution is -0.106. The van der Waals surface area contributed by atoms with Crippen molar-refractivity contribution in [1.82, 2.24) is 4.90 Å². The van der Waals surface area contributed by atoms with Crippen LogP contribution in [0, 0.1) is 0 Å². The van der Waals surface area contributed by atoms with Crippen molar-refractivity contribution in [1.29, 1.82) is 0 Å². The molecule has 5 nitrogen and oxygen atoms in total. The molecule has 2 aromatic carbocycles. The first kappa shape index (κ1) is 16.1. The van der Waals surface area contributed by atoms with E-state index in [-0.39, 0.29) is 0 Å². The Morgan fingerprint density at radius 1 is 1.16 bits per heavy atom. The molecule has 130 valence electrons. The fourth-order valence-electron chi connectivity index (χ4n) is 3.41. The number of nitrogens with zero attached hydrogens (tertiary/aromatic N) is 2. The maximum absolute atomic E-state index is 6.06. The molecule has 4 rings (SSSR count). The van der Waals surface area contributed by atoms with Crippen LogP contribution >= 0.6 is 11.8 Å². The van der Waals surface area contributed by atoms with Crippen LogP contribution in [0.2, 0.25) is 0 Å². The smallest absolute Gasteiger partial charge is 0.238 e. The summed E-state index contributed by atoms with van der Waals surface area (Å²) in [6.07, 6.45) is 0.774. The highest BCUT2D eigenvalue weighted by Gasteiger charge is 2.50. The number of amidine groups is 1. The Hall–Kier alpha value is -2.34. The van der Waals surface area contributed by atoms with Gasteiger partial charge in [0, 0.05) is 22.4 Å². The standard InChI is InChI=1S/C19H20N2O3S/c1-4-19-14-10-15(22-2)16(23-3)11-17(14)25-12-21(19)18(20-24-19)13-8-6-5-7-9-13/h5-11H,4,12H2,1-3H3. The van der Waals surface area contributed by atoms with Crippen LogP contribution in [0.3, 0.4) is 0 Å². The largest absolute Gasteiger partial charge is 0.493 e. The average Bonchev–Trinajstić information content (AvgIpc) is 3.07. The second-order valence-electron chi connectivity index (χ2n) is 5.91. The van der Waals surface area contributed by atoms with Crippen molar-refractivity contribution in [3.05, 3.63) is 53.6 Å². The molecule has 1 atom stereocenters. The van der Waals surface area contributed by atoms with Crippen LogP contribution in [-0.2, 0) is 10.6 Å². The maximum atomic E-state index is 6.06. The third kappa shape index (κ3) is 2.35. The summed E-state index contributed by atoms with van der Waals surface area (Å²) in [6, 6.07) is 14.2. The van der Waals surface area contributed by atoms with Gasteiger partial charge in [-0.15, -0.1) is 11.8 Å². The summed E-state index contributed by atoms with van der Waals surface area (Å²) < 4.78 is 11.0. The van der Waals surface area contributed by atoms with Crippen molar-refractivity contribution in [3.63, 3.8) is 0 Å². The molecule has 0 fully saturated rings. The minimum Gasteiger partial charge on any atom is -0.493 e. The third-order valence-corrected chi connectivity index (χ3v) is 5.78. The number of oxime groups is 1. The molecule has 2 aliphatic heterocycles. The number of rotatable bonds is 4. The second-order valence-corrected chi connectivity index (χ2v) is 6.90. The molecule has 0 amide bonds. The third-order valence-electron chi connectivity index (χ3n) is 4.74. The van der Waals surface area contributed by atoms with Gasteiger partial charge in [0.25, 0.3) is 0 Å². The number of benzene rings is 2. The Kier molecular flexibility index (Phi) is 4.00. The van der Waals surface area contributed by atoms with Crippen LogP contribution < -0.4 is 9.47 Å². The Balaban J connectivity index is 1.81. The number of fused-ring (bicyclic) bond motifs is 3. The number of ether oxygens (including phenoxy) is 2. The van der Waals surface area contributed by atoms with Gasteiger partial charge >= 0.3 is 0 Å². The monoisotopic (exact) mass is 356 g/mol. The molecule has 0 saturated carbocycles. The van der Waals surface area contributed by atoms with Crippen molar-refractivity contribution in [3.8, 4) is 11.5 Å². The predicted molar refractivity (Wildman–Crippen MR) is 98.1 cm³/mol. The first-order valence-electron chi connectivity index (χ1n) is 8.22. The summed E-state index contributed by atoms with van der Waals surface area (Å²) in [4.78, 5) is 9.44. The van der Waals surface area contributed by atoms with E-state index in [1.165, 1.54) is 0 Å². The summed E-state index contributed by atoms with van der Waals surface area (Å²) in [5, 5.41) is 4.45. The molecular formula is C19H20N2O3S. The summed E-state index contributed by atoms with van der Waals surface area (Å²) in [5.74, 6) is 3.07. The van der Waals surface area contributed by atoms with Crippen molar-refractivity contribution >= 4 is 17.6 Å². The van der Waals surface area contributed by atoms with Gasteiger partial charge in [0.1, 0.15) is 0 Å². The van der Waals surface area contributed by atoms with Gasteiger partial charge in [-0.05, 0) is 12.1 Å². The number of hydrogen-bond acceptors (Lipinski definition) is 6. The molecule has 25 heavy (non-hydrogen) atoms. The molecule has 0 bridgehead atoms. The first-order chi connectivity index (χ1) is 12.2. The normalized spacial score (nSPS) is 21.1. The summed E-state index contributed by atoms with van der Waals surface area (Å²) in [5.41, 5.74) is 1.52. The van der Waals surface area contributed by atoms with E-state index in [4.69, 9.17) is 14.3 Å². The molecule has 0 saturated heterocycles. The van der Waals surface area contributed by atoms with Crippen LogP contribution in [0.15, 0.2) is 52.5 Å². The molecule has 0 aliphatic carbocycles.